The molecule has 0 spiro atoms. The number of morpholine rings is 1. The van der Waals surface area contributed by atoms with Crippen molar-refractivity contribution in [2.45, 2.75) is 17.9 Å². The summed E-state index contributed by atoms with van der Waals surface area (Å²) in [7, 11) is 0. The Morgan fingerprint density at radius 3 is 2.85 bits per heavy atom. The number of benzene rings is 1. The van der Waals surface area contributed by atoms with Crippen LogP contribution in [0.15, 0.2) is 23.1 Å². The number of hydrogen-bond acceptors (Lipinski definition) is 4. The van der Waals surface area contributed by atoms with Crippen molar-refractivity contribution in [1.82, 2.24) is 4.90 Å². The zero-order valence-corrected chi connectivity index (χ0v) is 12.3. The Kier molecular flexibility index (Phi) is 4.67. The molecule has 1 fully saturated rings. The second-order valence-electron chi connectivity index (χ2n) is 4.63. The van der Waals surface area contributed by atoms with Gasteiger partial charge in [-0.3, -0.25) is 4.79 Å². The average Bonchev–Trinajstić information content (AvgIpc) is 2.47. The maximum absolute atomic E-state index is 12.5. The number of ether oxygens (including phenoxy) is 1. The average molecular weight is 295 g/mol. The van der Waals surface area contributed by atoms with E-state index in [2.05, 4.69) is 0 Å². The van der Waals surface area contributed by atoms with Crippen molar-refractivity contribution in [3.8, 4) is 0 Å². The number of carbonyl (C=O) groups is 2. The van der Waals surface area contributed by atoms with Gasteiger partial charge in [-0.2, -0.15) is 0 Å². The summed E-state index contributed by atoms with van der Waals surface area (Å²) in [6.45, 7) is 2.65. The molecule has 1 aromatic carbocycles. The van der Waals surface area contributed by atoms with Gasteiger partial charge in [0.25, 0.3) is 5.91 Å². The molecule has 1 unspecified atom stereocenters. The molecule has 0 aliphatic carbocycles. The number of carboxylic acid groups (broad SMARTS) is 1. The van der Waals surface area contributed by atoms with Gasteiger partial charge in [-0.15, -0.1) is 11.8 Å². The minimum absolute atomic E-state index is 0.0943. The fourth-order valence-electron chi connectivity index (χ4n) is 2.11. The normalized spacial score (nSPS) is 18.9. The van der Waals surface area contributed by atoms with Crippen LogP contribution in [0.3, 0.4) is 0 Å². The number of hydrogen-bond donors (Lipinski definition) is 1. The fourth-order valence-corrected chi connectivity index (χ4v) is 2.55. The highest BCUT2D eigenvalue weighted by atomic mass is 32.2. The minimum Gasteiger partial charge on any atom is -0.479 e. The largest absolute Gasteiger partial charge is 0.479 e. The predicted octanol–water partition coefficient (Wildman–Crippen LogP) is 1.64. The van der Waals surface area contributed by atoms with Crippen molar-refractivity contribution in [2.75, 3.05) is 26.0 Å². The lowest BCUT2D eigenvalue weighted by Crippen LogP contribution is -2.48. The van der Waals surface area contributed by atoms with Crippen molar-refractivity contribution in [3.63, 3.8) is 0 Å². The monoisotopic (exact) mass is 295 g/mol. The number of carbonyl (C=O) groups excluding carboxylic acids is 1. The molecule has 0 bridgehead atoms. The van der Waals surface area contributed by atoms with Crippen molar-refractivity contribution >= 4 is 23.6 Å². The van der Waals surface area contributed by atoms with Gasteiger partial charge in [0, 0.05) is 17.0 Å². The van der Waals surface area contributed by atoms with Gasteiger partial charge in [0.1, 0.15) is 0 Å². The Morgan fingerprint density at radius 1 is 1.45 bits per heavy atom. The number of aryl methyl sites for hydroxylation is 1. The minimum atomic E-state index is -1.03. The van der Waals surface area contributed by atoms with Crippen molar-refractivity contribution in [3.05, 3.63) is 29.3 Å². The van der Waals surface area contributed by atoms with E-state index in [0.717, 1.165) is 10.5 Å². The Labute approximate surface area is 121 Å². The summed E-state index contributed by atoms with van der Waals surface area (Å²) in [5.74, 6) is -1.16. The van der Waals surface area contributed by atoms with Gasteiger partial charge in [-0.1, -0.05) is 6.07 Å². The van der Waals surface area contributed by atoms with E-state index in [9.17, 15) is 9.59 Å². The van der Waals surface area contributed by atoms with Crippen LogP contribution in [0.4, 0.5) is 0 Å². The summed E-state index contributed by atoms with van der Waals surface area (Å²) in [4.78, 5) is 26.1. The molecule has 1 aliphatic rings. The van der Waals surface area contributed by atoms with Crippen LogP contribution >= 0.6 is 11.8 Å². The van der Waals surface area contributed by atoms with Crippen LogP contribution in [-0.4, -0.2) is 53.9 Å². The molecule has 1 saturated heterocycles. The van der Waals surface area contributed by atoms with Gasteiger partial charge >= 0.3 is 5.97 Å². The highest BCUT2D eigenvalue weighted by Gasteiger charge is 2.29. The van der Waals surface area contributed by atoms with Crippen LogP contribution < -0.4 is 0 Å². The fraction of sp³-hybridized carbons (Fsp3) is 0.429. The molecule has 1 atom stereocenters. The lowest BCUT2D eigenvalue weighted by molar-refractivity contribution is -0.154. The molecule has 1 amide bonds. The van der Waals surface area contributed by atoms with Crippen LogP contribution in [0.2, 0.25) is 0 Å². The Morgan fingerprint density at radius 2 is 2.20 bits per heavy atom. The number of nitrogens with zero attached hydrogens (tertiary/aromatic N) is 1. The van der Waals surface area contributed by atoms with E-state index in [4.69, 9.17) is 9.84 Å². The summed E-state index contributed by atoms with van der Waals surface area (Å²) < 4.78 is 5.13. The Balaban J connectivity index is 2.20. The Hall–Kier alpha value is -1.53. The molecule has 1 aliphatic heterocycles. The van der Waals surface area contributed by atoms with Crippen LogP contribution in [0.5, 0.6) is 0 Å². The number of aliphatic carboxylic acids is 1. The molecule has 108 valence electrons. The lowest BCUT2D eigenvalue weighted by atomic mass is 10.1. The first-order valence-corrected chi connectivity index (χ1v) is 7.53. The first-order chi connectivity index (χ1) is 9.52. The van der Waals surface area contributed by atoms with Crippen molar-refractivity contribution < 1.29 is 19.4 Å². The standard InChI is InChI=1S/C14H17NO4S/c1-9-3-4-10(20-2)7-11(9)13(16)15-5-6-19-12(8-15)14(17)18/h3-4,7,12H,5-6,8H2,1-2H3,(H,17,18). The van der Waals surface area contributed by atoms with E-state index < -0.39 is 12.1 Å². The maximum Gasteiger partial charge on any atom is 0.334 e. The number of carboxylic acids is 1. The van der Waals surface area contributed by atoms with Crippen LogP contribution in [0.25, 0.3) is 0 Å². The number of rotatable bonds is 3. The zero-order chi connectivity index (χ0) is 14.7. The number of amides is 1. The summed E-state index contributed by atoms with van der Waals surface area (Å²) in [6.07, 6.45) is 1.02. The molecule has 20 heavy (non-hydrogen) atoms. The molecule has 6 heteroatoms. The molecule has 2 rings (SSSR count). The van der Waals surface area contributed by atoms with E-state index in [1.165, 1.54) is 0 Å². The Bertz CT molecular complexity index is 532. The first kappa shape index (κ1) is 14.9. The number of thioether (sulfide) groups is 1. The van der Waals surface area contributed by atoms with Crippen LogP contribution in [0, 0.1) is 6.92 Å². The van der Waals surface area contributed by atoms with Gasteiger partial charge in [0.15, 0.2) is 6.10 Å². The van der Waals surface area contributed by atoms with Gasteiger partial charge in [0.2, 0.25) is 0 Å². The lowest BCUT2D eigenvalue weighted by Gasteiger charge is -2.31. The van der Waals surface area contributed by atoms with E-state index in [0.29, 0.717) is 12.1 Å². The molecule has 0 saturated carbocycles. The van der Waals surface area contributed by atoms with Crippen LogP contribution in [0.1, 0.15) is 15.9 Å². The molecular formula is C14H17NO4S. The topological polar surface area (TPSA) is 66.8 Å². The highest BCUT2D eigenvalue weighted by molar-refractivity contribution is 7.98. The molecule has 0 aromatic heterocycles. The van der Waals surface area contributed by atoms with Crippen LogP contribution in [-0.2, 0) is 9.53 Å². The molecule has 1 aromatic rings. The molecule has 0 radical (unpaired) electrons. The summed E-state index contributed by atoms with van der Waals surface area (Å²) in [6, 6.07) is 5.73. The van der Waals surface area contributed by atoms with E-state index >= 15 is 0 Å². The quantitative estimate of drug-likeness (QED) is 0.859. The second-order valence-corrected chi connectivity index (χ2v) is 5.51. The second kappa shape index (κ2) is 6.28. The molecule has 5 nitrogen and oxygen atoms in total. The predicted molar refractivity (Wildman–Crippen MR) is 76.2 cm³/mol. The van der Waals surface area contributed by atoms with Gasteiger partial charge in [0.05, 0.1) is 13.2 Å². The van der Waals surface area contributed by atoms with E-state index in [1.54, 1.807) is 16.7 Å². The van der Waals surface area contributed by atoms with Gasteiger partial charge in [-0.05, 0) is 30.9 Å². The maximum atomic E-state index is 12.5. The summed E-state index contributed by atoms with van der Waals surface area (Å²) in [5.41, 5.74) is 1.52. The van der Waals surface area contributed by atoms with Gasteiger partial charge < -0.3 is 14.7 Å². The van der Waals surface area contributed by atoms with Crippen molar-refractivity contribution in [1.29, 1.82) is 0 Å². The third kappa shape index (κ3) is 3.13. The van der Waals surface area contributed by atoms with E-state index in [1.807, 2.05) is 31.4 Å². The molecule has 1 heterocycles. The van der Waals surface area contributed by atoms with Gasteiger partial charge in [-0.25, -0.2) is 4.79 Å². The third-order valence-electron chi connectivity index (χ3n) is 3.30. The SMILES string of the molecule is CSc1ccc(C)c(C(=O)N2CCOC(C(=O)O)C2)c1. The third-order valence-corrected chi connectivity index (χ3v) is 4.03. The highest BCUT2D eigenvalue weighted by Crippen LogP contribution is 2.21. The summed E-state index contributed by atoms with van der Waals surface area (Å²) in [5, 5.41) is 8.98. The smallest absolute Gasteiger partial charge is 0.334 e. The molecule has 1 N–H and O–H groups in total. The first-order valence-electron chi connectivity index (χ1n) is 6.31. The summed E-state index contributed by atoms with van der Waals surface area (Å²) >= 11 is 1.57. The van der Waals surface area contributed by atoms with E-state index in [-0.39, 0.29) is 19.1 Å². The van der Waals surface area contributed by atoms with Crippen molar-refractivity contribution in [2.24, 2.45) is 0 Å². The zero-order valence-electron chi connectivity index (χ0n) is 11.5. The molecular weight excluding hydrogens is 278 g/mol.